The van der Waals surface area contributed by atoms with E-state index in [1.807, 2.05) is 39.0 Å². The van der Waals surface area contributed by atoms with Gasteiger partial charge in [0.25, 0.3) is 5.91 Å². The lowest BCUT2D eigenvalue weighted by Gasteiger charge is -2.22. The number of ketones is 2. The molecule has 0 radical (unpaired) electrons. The van der Waals surface area contributed by atoms with Crippen LogP contribution in [0.4, 0.5) is 0 Å². The number of nitrogens with one attached hydrogen (secondary N) is 4. The summed E-state index contributed by atoms with van der Waals surface area (Å²) in [6.45, 7) is 12.0. The molecule has 3 aromatic rings. The fourth-order valence-electron chi connectivity index (χ4n) is 8.95. The molecule has 0 saturated carbocycles. The molecule has 2 amide bonds. The van der Waals surface area contributed by atoms with Gasteiger partial charge in [-0.25, -0.2) is 5.84 Å². The third kappa shape index (κ3) is 7.16. The van der Waals surface area contributed by atoms with Gasteiger partial charge in [0.15, 0.2) is 11.6 Å². The average Bonchev–Trinajstić information content (AvgIpc) is 3.90. The second-order valence-corrected chi connectivity index (χ2v) is 15.7. The number of likely N-dealkylation sites (N-methyl/N-ethyl adjacent to an activating group) is 1. The molecule has 6 rings (SSSR count). The maximum atomic E-state index is 14.3. The third-order valence-corrected chi connectivity index (χ3v) is 12.2. The van der Waals surface area contributed by atoms with Crippen LogP contribution in [0.15, 0.2) is 18.2 Å². The van der Waals surface area contributed by atoms with Crippen molar-refractivity contribution >= 4 is 51.4 Å². The van der Waals surface area contributed by atoms with Gasteiger partial charge in [-0.15, -0.1) is 0 Å². The maximum Gasteiger partial charge on any atom is 0.321 e. The molecule has 8 bridgehead atoms. The normalized spacial score (nSPS) is 20.6. The number of fused-ring (bicyclic) bond motifs is 8. The van der Waals surface area contributed by atoms with E-state index in [9.17, 15) is 24.0 Å². The van der Waals surface area contributed by atoms with Gasteiger partial charge < -0.3 is 20.0 Å². The van der Waals surface area contributed by atoms with E-state index in [2.05, 4.69) is 34.6 Å². The van der Waals surface area contributed by atoms with E-state index >= 15 is 0 Å². The number of carbonyl (C=O) groups excluding carboxylic acids is 5. The number of carbonyl (C=O) groups is 5. The highest BCUT2D eigenvalue weighted by molar-refractivity contribution is 6.23. The number of hydrazine groups is 1. The van der Waals surface area contributed by atoms with Crippen LogP contribution in [0.1, 0.15) is 150 Å². The highest BCUT2D eigenvalue weighted by atomic mass is 16.5. The number of aryl methyl sites for hydroxylation is 2. The minimum atomic E-state index is -1.23. The smallest absolute Gasteiger partial charge is 0.321 e. The molecular formula is C42H54N8O6. The number of amides is 2. The van der Waals surface area contributed by atoms with E-state index in [1.165, 1.54) is 7.11 Å². The minimum absolute atomic E-state index is 0.0724. The second kappa shape index (κ2) is 16.1. The Labute approximate surface area is 326 Å². The van der Waals surface area contributed by atoms with Crippen LogP contribution >= 0.6 is 0 Å². The number of hydrogen-bond acceptors (Lipinski definition) is 10. The van der Waals surface area contributed by atoms with Gasteiger partial charge in [0, 0.05) is 81.4 Å². The number of nitrogens with two attached hydrogens (primary N) is 1. The molecule has 298 valence electrons. The van der Waals surface area contributed by atoms with Gasteiger partial charge in [0.05, 0.1) is 29.9 Å². The number of rotatable bonds is 12. The number of ether oxygens (including phenoxy) is 1. The lowest BCUT2D eigenvalue weighted by Crippen LogP contribution is -2.46. The molecule has 0 saturated heterocycles. The summed E-state index contributed by atoms with van der Waals surface area (Å²) in [7, 11) is 4.87. The number of esters is 1. The molecule has 5 heterocycles. The summed E-state index contributed by atoms with van der Waals surface area (Å²) >= 11 is 0. The Morgan fingerprint density at radius 2 is 1.59 bits per heavy atom. The van der Waals surface area contributed by atoms with E-state index in [-0.39, 0.29) is 53.5 Å². The molecule has 6 atom stereocenters. The SMILES string of the molecule is CC[C@H]1c2cc3[nH]c4c(c3C)C(=O)C(C(=O)OC)c4c3nc(cc4[nH]c(cc(n2)[C@@H]1C)c(C(C)=O)c4C)[C@@H](C)[C@@H]3CCC(=O)NCCC[C@@H](C(=O)NN)N(C)C. The van der Waals surface area contributed by atoms with Crippen LogP contribution in [-0.2, 0) is 19.1 Å². The van der Waals surface area contributed by atoms with Gasteiger partial charge in [-0.05, 0) is 89.9 Å². The quantitative estimate of drug-likeness (QED) is 0.0303. The molecule has 14 nitrogen and oxygen atoms in total. The minimum Gasteiger partial charge on any atom is -0.468 e. The Morgan fingerprint density at radius 3 is 2.23 bits per heavy atom. The van der Waals surface area contributed by atoms with Crippen LogP contribution in [0.2, 0.25) is 0 Å². The summed E-state index contributed by atoms with van der Waals surface area (Å²) in [5.41, 5.74) is 10.8. The van der Waals surface area contributed by atoms with Gasteiger partial charge in [-0.1, -0.05) is 20.8 Å². The fraction of sp³-hybridized carbons (Fsp3) is 0.500. The maximum absolute atomic E-state index is 14.3. The molecular weight excluding hydrogens is 713 g/mol. The van der Waals surface area contributed by atoms with Crippen molar-refractivity contribution in [2.45, 2.75) is 109 Å². The number of methoxy groups -OCH3 is 1. The molecule has 14 heteroatoms. The molecule has 3 aromatic heterocycles. The summed E-state index contributed by atoms with van der Waals surface area (Å²) in [5.74, 6) is 2.17. The number of aromatic amines is 2. The highest BCUT2D eigenvalue weighted by Gasteiger charge is 2.45. The summed E-state index contributed by atoms with van der Waals surface area (Å²) in [5, 5.41) is 2.98. The Balaban J connectivity index is 1.50. The van der Waals surface area contributed by atoms with E-state index in [0.717, 1.165) is 34.4 Å². The highest BCUT2D eigenvalue weighted by Crippen LogP contribution is 2.48. The van der Waals surface area contributed by atoms with Gasteiger partial charge in [0.1, 0.15) is 5.92 Å². The van der Waals surface area contributed by atoms with Crippen molar-refractivity contribution in [1.82, 2.24) is 35.6 Å². The van der Waals surface area contributed by atoms with Gasteiger partial charge in [0.2, 0.25) is 5.91 Å². The van der Waals surface area contributed by atoms with E-state index in [0.29, 0.717) is 70.5 Å². The first-order valence-corrected chi connectivity index (χ1v) is 19.5. The monoisotopic (exact) mass is 766 g/mol. The molecule has 6 N–H and O–H groups in total. The van der Waals surface area contributed by atoms with E-state index < -0.39 is 17.9 Å². The van der Waals surface area contributed by atoms with Crippen molar-refractivity contribution in [3.8, 4) is 0 Å². The van der Waals surface area contributed by atoms with Crippen molar-refractivity contribution in [3.63, 3.8) is 0 Å². The molecule has 2 aliphatic heterocycles. The second-order valence-electron chi connectivity index (χ2n) is 15.7. The van der Waals surface area contributed by atoms with Crippen LogP contribution in [0.5, 0.6) is 0 Å². The topological polar surface area (TPSA) is 205 Å². The van der Waals surface area contributed by atoms with E-state index in [1.54, 1.807) is 25.9 Å². The largest absolute Gasteiger partial charge is 0.468 e. The predicted octanol–water partition coefficient (Wildman–Crippen LogP) is 5.37. The molecule has 0 fully saturated rings. The summed E-state index contributed by atoms with van der Waals surface area (Å²) in [6, 6.07) is 5.49. The van der Waals surface area contributed by atoms with Crippen molar-refractivity contribution in [3.05, 3.63) is 68.8 Å². The lowest BCUT2D eigenvalue weighted by molar-refractivity contribution is -0.141. The van der Waals surface area contributed by atoms with Crippen molar-refractivity contribution < 1.29 is 28.7 Å². The molecule has 0 spiro atoms. The Hall–Kier alpha value is -5.21. The number of Topliss-reactive ketones (excluding diaryl/α,β-unsaturated/α-hetero) is 2. The van der Waals surface area contributed by atoms with Crippen LogP contribution in [0.3, 0.4) is 0 Å². The van der Waals surface area contributed by atoms with Crippen LogP contribution in [-0.4, -0.2) is 88.0 Å². The van der Waals surface area contributed by atoms with E-state index in [4.69, 9.17) is 20.5 Å². The zero-order valence-electron chi connectivity index (χ0n) is 33.8. The van der Waals surface area contributed by atoms with Crippen molar-refractivity contribution in [1.29, 1.82) is 0 Å². The molecule has 1 unspecified atom stereocenters. The summed E-state index contributed by atoms with van der Waals surface area (Å²) in [6.07, 6.45) is 2.45. The standard InChI is InChI=1S/C42H54N8O6/c1-10-24-19(2)26-18-31-34(23(6)51)21(4)28(46-31)16-27-20(3)25(13-14-33(52)44-15-11-12-32(50(7)8)41(54)49-43)38(47-27)36-37(42(55)56-9)40(53)35-22(5)29(48-39(35)36)17-30(24)45-26/h16-20,24-25,32,37,46,48H,10-15,43H2,1-9H3,(H,44,52)(H,49,54)/t19-,20+,24-,25+,32+,37?/m1/s1. The first-order valence-electron chi connectivity index (χ1n) is 19.5. The Kier molecular flexibility index (Phi) is 11.6. The zero-order valence-corrected chi connectivity index (χ0v) is 33.8. The summed E-state index contributed by atoms with van der Waals surface area (Å²) < 4.78 is 5.23. The molecule has 3 aliphatic rings. The van der Waals surface area contributed by atoms with Crippen LogP contribution in [0.25, 0.3) is 22.1 Å². The first kappa shape index (κ1) is 40.5. The van der Waals surface area contributed by atoms with Gasteiger partial charge in [-0.3, -0.25) is 44.3 Å². The van der Waals surface area contributed by atoms with Gasteiger partial charge in [-0.2, -0.15) is 0 Å². The van der Waals surface area contributed by atoms with Crippen molar-refractivity contribution in [2.75, 3.05) is 27.7 Å². The first-order chi connectivity index (χ1) is 26.6. The molecule has 0 aromatic carbocycles. The fourth-order valence-corrected chi connectivity index (χ4v) is 8.95. The number of hydrogen-bond donors (Lipinski definition) is 5. The number of aromatic nitrogens is 4. The number of nitrogens with zero attached hydrogens (tertiary/aromatic N) is 3. The number of H-pyrrole nitrogens is 2. The predicted molar refractivity (Wildman–Crippen MR) is 213 cm³/mol. The Bertz CT molecular complexity index is 2270. The molecule has 1 aliphatic carbocycles. The van der Waals surface area contributed by atoms with Crippen LogP contribution in [0, 0.1) is 13.8 Å². The summed E-state index contributed by atoms with van der Waals surface area (Å²) in [4.78, 5) is 85.5. The average molecular weight is 767 g/mol. The van der Waals surface area contributed by atoms with Gasteiger partial charge >= 0.3 is 5.97 Å². The lowest BCUT2D eigenvalue weighted by atomic mass is 9.84. The zero-order chi connectivity index (χ0) is 40.7. The molecule has 56 heavy (non-hydrogen) atoms. The van der Waals surface area contributed by atoms with Crippen LogP contribution < -0.4 is 16.6 Å². The van der Waals surface area contributed by atoms with Crippen molar-refractivity contribution in [2.24, 2.45) is 5.84 Å². The third-order valence-electron chi connectivity index (χ3n) is 12.2. The Morgan fingerprint density at radius 1 is 0.946 bits per heavy atom.